The Hall–Kier alpha value is -0.690. The highest BCUT2D eigenvalue weighted by molar-refractivity contribution is 5.80. The predicted octanol–water partition coefficient (Wildman–Crippen LogP) is 0.750. The van der Waals surface area contributed by atoms with Gasteiger partial charge in [-0.15, -0.1) is 0 Å². The normalized spacial score (nSPS) is 34.0. The van der Waals surface area contributed by atoms with E-state index in [9.17, 15) is 4.79 Å². The van der Waals surface area contributed by atoms with Gasteiger partial charge in [0.2, 0.25) is 0 Å². The topological polar surface area (TPSA) is 51.2 Å². The number of likely N-dealkylation sites (tertiary alicyclic amines) is 1. The average molecular weight is 326 g/mol. The Morgan fingerprint density at radius 3 is 2.74 bits per heavy atom. The van der Waals surface area contributed by atoms with Crippen LogP contribution >= 0.6 is 0 Å². The van der Waals surface area contributed by atoms with Gasteiger partial charge in [0, 0.05) is 38.8 Å². The fraction of sp³-hybridized carbons (Fsp3) is 0.941. The molecule has 23 heavy (non-hydrogen) atoms. The lowest BCUT2D eigenvalue weighted by atomic mass is 10.0. The summed E-state index contributed by atoms with van der Waals surface area (Å²) < 4.78 is 16.8. The first-order valence-electron chi connectivity index (χ1n) is 8.99. The summed E-state index contributed by atoms with van der Waals surface area (Å²) >= 11 is 0. The Bertz CT molecular complexity index is 394. The Labute approximate surface area is 139 Å². The molecule has 3 heterocycles. The second kappa shape index (κ2) is 7.92. The molecule has 3 aliphatic heterocycles. The van der Waals surface area contributed by atoms with Gasteiger partial charge in [-0.05, 0) is 25.7 Å². The molecule has 0 spiro atoms. The molecule has 6 heteroatoms. The standard InChI is InChI=1S/C17H30N2O4/c1-13-10-19(11-16(13)18-5-8-21-9-6-18)17(20)14(2)23-12-15-4-3-7-22-15/h13-16H,3-12H2,1-2H3/t13-,14-,15-,16+/m0/s1. The van der Waals surface area contributed by atoms with E-state index in [4.69, 9.17) is 14.2 Å². The molecule has 3 saturated heterocycles. The van der Waals surface area contributed by atoms with E-state index in [2.05, 4.69) is 11.8 Å². The molecule has 0 saturated carbocycles. The number of hydrogen-bond donors (Lipinski definition) is 0. The zero-order valence-corrected chi connectivity index (χ0v) is 14.4. The molecule has 3 aliphatic rings. The van der Waals surface area contributed by atoms with E-state index >= 15 is 0 Å². The summed E-state index contributed by atoms with van der Waals surface area (Å²) in [5.41, 5.74) is 0. The molecule has 0 unspecified atom stereocenters. The van der Waals surface area contributed by atoms with Gasteiger partial charge in [0.1, 0.15) is 6.10 Å². The second-order valence-corrected chi connectivity index (χ2v) is 7.05. The van der Waals surface area contributed by atoms with Crippen LogP contribution in [0.2, 0.25) is 0 Å². The minimum atomic E-state index is -0.380. The van der Waals surface area contributed by atoms with Crippen LogP contribution in [0, 0.1) is 5.92 Å². The van der Waals surface area contributed by atoms with Crippen molar-refractivity contribution in [2.45, 2.75) is 44.9 Å². The minimum Gasteiger partial charge on any atom is -0.379 e. The van der Waals surface area contributed by atoms with E-state index in [0.29, 0.717) is 18.6 Å². The molecule has 0 aromatic carbocycles. The molecular weight excluding hydrogens is 296 g/mol. The third-order valence-corrected chi connectivity index (χ3v) is 5.30. The van der Waals surface area contributed by atoms with Gasteiger partial charge in [-0.1, -0.05) is 6.92 Å². The lowest BCUT2D eigenvalue weighted by Gasteiger charge is -2.34. The van der Waals surface area contributed by atoms with E-state index < -0.39 is 0 Å². The molecule has 4 atom stereocenters. The summed E-state index contributed by atoms with van der Waals surface area (Å²) in [6.07, 6.45) is 1.93. The SMILES string of the molecule is C[C@H](OC[C@@H]1CCCO1)C(=O)N1C[C@@H](N2CCOCC2)[C@@H](C)C1. The lowest BCUT2D eigenvalue weighted by molar-refractivity contribution is -0.143. The van der Waals surface area contributed by atoms with Gasteiger partial charge in [-0.2, -0.15) is 0 Å². The Morgan fingerprint density at radius 2 is 2.04 bits per heavy atom. The van der Waals surface area contributed by atoms with Crippen molar-refractivity contribution in [3.05, 3.63) is 0 Å². The fourth-order valence-electron chi connectivity index (χ4n) is 3.87. The highest BCUT2D eigenvalue weighted by Crippen LogP contribution is 2.24. The van der Waals surface area contributed by atoms with Crippen molar-refractivity contribution in [2.24, 2.45) is 5.92 Å². The van der Waals surface area contributed by atoms with E-state index in [0.717, 1.165) is 58.8 Å². The highest BCUT2D eigenvalue weighted by Gasteiger charge is 2.38. The van der Waals surface area contributed by atoms with Crippen molar-refractivity contribution >= 4 is 5.91 Å². The maximum Gasteiger partial charge on any atom is 0.251 e. The molecule has 3 fully saturated rings. The van der Waals surface area contributed by atoms with Gasteiger partial charge in [0.05, 0.1) is 25.9 Å². The molecule has 0 aliphatic carbocycles. The van der Waals surface area contributed by atoms with Crippen LogP contribution in [0.3, 0.4) is 0 Å². The third-order valence-electron chi connectivity index (χ3n) is 5.30. The molecule has 0 N–H and O–H groups in total. The van der Waals surface area contributed by atoms with Gasteiger partial charge < -0.3 is 19.1 Å². The van der Waals surface area contributed by atoms with E-state index in [-0.39, 0.29) is 18.1 Å². The Kier molecular flexibility index (Phi) is 5.91. The zero-order chi connectivity index (χ0) is 16.2. The highest BCUT2D eigenvalue weighted by atomic mass is 16.5. The van der Waals surface area contributed by atoms with Gasteiger partial charge in [-0.3, -0.25) is 9.69 Å². The smallest absolute Gasteiger partial charge is 0.251 e. The van der Waals surface area contributed by atoms with E-state index in [1.807, 2.05) is 11.8 Å². The Balaban J connectivity index is 1.47. The molecule has 1 amide bonds. The number of amides is 1. The maximum atomic E-state index is 12.6. The Morgan fingerprint density at radius 1 is 1.26 bits per heavy atom. The van der Waals surface area contributed by atoms with Crippen LogP contribution in [0.1, 0.15) is 26.7 Å². The van der Waals surface area contributed by atoms with Crippen LogP contribution in [0.15, 0.2) is 0 Å². The summed E-state index contributed by atoms with van der Waals surface area (Å²) in [7, 11) is 0. The summed E-state index contributed by atoms with van der Waals surface area (Å²) in [6.45, 7) is 10.7. The van der Waals surface area contributed by atoms with Crippen molar-refractivity contribution < 1.29 is 19.0 Å². The fourth-order valence-corrected chi connectivity index (χ4v) is 3.87. The average Bonchev–Trinajstić information content (AvgIpc) is 3.22. The van der Waals surface area contributed by atoms with Gasteiger partial charge >= 0.3 is 0 Å². The van der Waals surface area contributed by atoms with E-state index in [1.54, 1.807) is 0 Å². The number of ether oxygens (including phenoxy) is 3. The van der Waals surface area contributed by atoms with Crippen molar-refractivity contribution in [2.75, 3.05) is 52.6 Å². The van der Waals surface area contributed by atoms with Crippen molar-refractivity contribution in [1.82, 2.24) is 9.80 Å². The van der Waals surface area contributed by atoms with Crippen LogP contribution in [0.5, 0.6) is 0 Å². The maximum absolute atomic E-state index is 12.6. The quantitative estimate of drug-likeness (QED) is 0.746. The minimum absolute atomic E-state index is 0.116. The largest absolute Gasteiger partial charge is 0.379 e. The molecule has 0 aromatic heterocycles. The van der Waals surface area contributed by atoms with Gasteiger partial charge in [-0.25, -0.2) is 0 Å². The first kappa shape index (κ1) is 17.1. The summed E-state index contributed by atoms with van der Waals surface area (Å²) in [5.74, 6) is 0.619. The third kappa shape index (κ3) is 4.24. The van der Waals surface area contributed by atoms with Gasteiger partial charge in [0.15, 0.2) is 0 Å². The zero-order valence-electron chi connectivity index (χ0n) is 14.4. The molecule has 0 bridgehead atoms. The molecule has 3 rings (SSSR count). The number of rotatable bonds is 5. The monoisotopic (exact) mass is 326 g/mol. The molecule has 0 radical (unpaired) electrons. The summed E-state index contributed by atoms with van der Waals surface area (Å²) in [6, 6.07) is 0.452. The van der Waals surface area contributed by atoms with E-state index in [1.165, 1.54) is 0 Å². The second-order valence-electron chi connectivity index (χ2n) is 7.05. The first-order chi connectivity index (χ1) is 11.1. The number of nitrogens with zero attached hydrogens (tertiary/aromatic N) is 2. The number of hydrogen-bond acceptors (Lipinski definition) is 5. The van der Waals surface area contributed by atoms with Crippen LogP contribution in [-0.4, -0.2) is 86.6 Å². The number of morpholine rings is 1. The number of carbonyl (C=O) groups excluding carboxylic acids is 1. The number of carbonyl (C=O) groups is 1. The first-order valence-corrected chi connectivity index (χ1v) is 8.99. The molecular formula is C17H30N2O4. The van der Waals surface area contributed by atoms with Gasteiger partial charge in [0.25, 0.3) is 5.91 Å². The molecule has 0 aromatic rings. The molecule has 6 nitrogen and oxygen atoms in total. The predicted molar refractivity (Wildman–Crippen MR) is 86.3 cm³/mol. The van der Waals surface area contributed by atoms with Crippen molar-refractivity contribution in [3.63, 3.8) is 0 Å². The van der Waals surface area contributed by atoms with Crippen molar-refractivity contribution in [1.29, 1.82) is 0 Å². The van der Waals surface area contributed by atoms with Crippen LogP contribution in [-0.2, 0) is 19.0 Å². The van der Waals surface area contributed by atoms with Crippen molar-refractivity contribution in [3.8, 4) is 0 Å². The molecule has 132 valence electrons. The van der Waals surface area contributed by atoms with Crippen LogP contribution in [0.25, 0.3) is 0 Å². The summed E-state index contributed by atoms with van der Waals surface area (Å²) in [4.78, 5) is 17.1. The van der Waals surface area contributed by atoms with Crippen LogP contribution < -0.4 is 0 Å². The lowest BCUT2D eigenvalue weighted by Crippen LogP contribution is -2.47. The van der Waals surface area contributed by atoms with Crippen LogP contribution in [0.4, 0.5) is 0 Å². The summed E-state index contributed by atoms with van der Waals surface area (Å²) in [5, 5.41) is 0.